The minimum atomic E-state index is -0.765. The van der Waals surface area contributed by atoms with Crippen LogP contribution in [0.4, 0.5) is 0 Å². The number of aliphatic carboxylic acids is 1. The summed E-state index contributed by atoms with van der Waals surface area (Å²) in [6.07, 6.45) is 0.654. The Hall–Kier alpha value is -0.830. The zero-order chi connectivity index (χ0) is 7.56. The van der Waals surface area contributed by atoms with Crippen molar-refractivity contribution in [1.29, 1.82) is 0 Å². The molecule has 0 spiro atoms. The summed E-state index contributed by atoms with van der Waals surface area (Å²) in [7, 11) is 0. The highest BCUT2D eigenvalue weighted by Gasteiger charge is 2.13. The Morgan fingerprint density at radius 3 is 2.80 bits per heavy atom. The van der Waals surface area contributed by atoms with Crippen molar-refractivity contribution in [3.63, 3.8) is 0 Å². The Balaban J connectivity index is 2.78. The smallest absolute Gasteiger partial charge is 0.331 e. The number of nitrogens with one attached hydrogen (secondary N) is 1. The summed E-state index contributed by atoms with van der Waals surface area (Å²) >= 11 is 0. The second kappa shape index (κ2) is 2.84. The maximum absolute atomic E-state index is 10.5. The highest BCUT2D eigenvalue weighted by molar-refractivity contribution is 5.87. The van der Waals surface area contributed by atoms with E-state index in [0.717, 1.165) is 18.7 Å². The van der Waals surface area contributed by atoms with Gasteiger partial charge in [-0.3, -0.25) is 0 Å². The van der Waals surface area contributed by atoms with E-state index < -0.39 is 5.97 Å². The van der Waals surface area contributed by atoms with E-state index >= 15 is 0 Å². The minimum Gasteiger partial charge on any atom is -0.478 e. The largest absolute Gasteiger partial charge is 0.478 e. The zero-order valence-electron chi connectivity index (χ0n) is 5.98. The van der Waals surface area contributed by atoms with E-state index in [4.69, 9.17) is 5.11 Å². The summed E-state index contributed by atoms with van der Waals surface area (Å²) < 4.78 is 0. The van der Waals surface area contributed by atoms with Gasteiger partial charge in [0.15, 0.2) is 0 Å². The van der Waals surface area contributed by atoms with Crippen LogP contribution in [0.5, 0.6) is 0 Å². The van der Waals surface area contributed by atoms with Crippen molar-refractivity contribution in [3.8, 4) is 0 Å². The minimum absolute atomic E-state index is 0.582. The van der Waals surface area contributed by atoms with Crippen LogP contribution in [0.15, 0.2) is 11.1 Å². The third-order valence-electron chi connectivity index (χ3n) is 1.72. The predicted octanol–water partition coefficient (Wildman–Crippen LogP) is 0.381. The first-order valence-corrected chi connectivity index (χ1v) is 3.34. The van der Waals surface area contributed by atoms with Crippen molar-refractivity contribution in [3.05, 3.63) is 11.1 Å². The molecule has 0 atom stereocenters. The Labute approximate surface area is 59.7 Å². The van der Waals surface area contributed by atoms with E-state index in [2.05, 4.69) is 5.32 Å². The van der Waals surface area contributed by atoms with Gasteiger partial charge in [0.05, 0.1) is 0 Å². The summed E-state index contributed by atoms with van der Waals surface area (Å²) in [5, 5.41) is 11.7. The van der Waals surface area contributed by atoms with Gasteiger partial charge in [-0.25, -0.2) is 4.79 Å². The highest BCUT2D eigenvalue weighted by Crippen LogP contribution is 2.11. The molecule has 0 aromatic rings. The molecule has 0 saturated heterocycles. The molecule has 0 amide bonds. The van der Waals surface area contributed by atoms with Crippen LogP contribution in [0.25, 0.3) is 0 Å². The van der Waals surface area contributed by atoms with Gasteiger partial charge in [-0.1, -0.05) is 0 Å². The third kappa shape index (κ3) is 1.36. The molecule has 1 heterocycles. The summed E-state index contributed by atoms with van der Waals surface area (Å²) in [5.41, 5.74) is 1.54. The molecule has 2 N–H and O–H groups in total. The molecule has 56 valence electrons. The molecule has 0 aromatic carbocycles. The maximum Gasteiger partial charge on any atom is 0.331 e. The maximum atomic E-state index is 10.5. The molecule has 1 aliphatic rings. The van der Waals surface area contributed by atoms with Crippen molar-refractivity contribution in [2.45, 2.75) is 13.3 Å². The molecule has 10 heavy (non-hydrogen) atoms. The Bertz CT molecular complexity index is 184. The molecule has 0 bridgehead atoms. The first-order valence-electron chi connectivity index (χ1n) is 3.34. The van der Waals surface area contributed by atoms with Crippen LogP contribution < -0.4 is 5.32 Å². The molecule has 1 aliphatic heterocycles. The van der Waals surface area contributed by atoms with Crippen molar-refractivity contribution in [2.75, 3.05) is 13.1 Å². The SMILES string of the molecule is CC1=C(C(=O)O)CCNC1. The lowest BCUT2D eigenvalue weighted by Gasteiger charge is -2.14. The molecule has 0 aromatic heterocycles. The number of hydrogen-bond acceptors (Lipinski definition) is 2. The lowest BCUT2D eigenvalue weighted by atomic mass is 10.0. The number of carboxylic acid groups (broad SMARTS) is 1. The molecule has 0 fully saturated rings. The Kier molecular flexibility index (Phi) is 2.06. The molecule has 0 aliphatic carbocycles. The lowest BCUT2D eigenvalue weighted by molar-refractivity contribution is -0.132. The zero-order valence-corrected chi connectivity index (χ0v) is 5.98. The van der Waals surface area contributed by atoms with Gasteiger partial charge in [-0.15, -0.1) is 0 Å². The third-order valence-corrected chi connectivity index (χ3v) is 1.72. The van der Waals surface area contributed by atoms with Crippen LogP contribution >= 0.6 is 0 Å². The van der Waals surface area contributed by atoms with E-state index in [9.17, 15) is 4.79 Å². The molecular weight excluding hydrogens is 130 g/mol. The standard InChI is InChI=1S/C7H11NO2/c1-5-4-8-3-2-6(5)7(9)10/h8H,2-4H2,1H3,(H,9,10). The fourth-order valence-electron chi connectivity index (χ4n) is 1.10. The molecule has 0 radical (unpaired) electrons. The van der Waals surface area contributed by atoms with Crippen LogP contribution in [0, 0.1) is 0 Å². The van der Waals surface area contributed by atoms with Crippen molar-refractivity contribution < 1.29 is 9.90 Å². The van der Waals surface area contributed by atoms with Crippen molar-refractivity contribution in [1.82, 2.24) is 5.32 Å². The Morgan fingerprint density at radius 1 is 1.70 bits per heavy atom. The van der Waals surface area contributed by atoms with Gasteiger partial charge in [0.2, 0.25) is 0 Å². The molecule has 1 rings (SSSR count). The van der Waals surface area contributed by atoms with Gasteiger partial charge in [-0.2, -0.15) is 0 Å². The predicted molar refractivity (Wildman–Crippen MR) is 37.8 cm³/mol. The van der Waals surface area contributed by atoms with Crippen LogP contribution in [-0.2, 0) is 4.79 Å². The first-order chi connectivity index (χ1) is 4.72. The molecule has 3 nitrogen and oxygen atoms in total. The van der Waals surface area contributed by atoms with Crippen LogP contribution in [-0.4, -0.2) is 24.2 Å². The number of carbonyl (C=O) groups is 1. The second-order valence-corrected chi connectivity index (χ2v) is 2.49. The van der Waals surface area contributed by atoms with Gasteiger partial charge in [0.25, 0.3) is 0 Å². The fourth-order valence-corrected chi connectivity index (χ4v) is 1.10. The molecule has 3 heteroatoms. The number of hydrogen-bond donors (Lipinski definition) is 2. The summed E-state index contributed by atoms with van der Waals surface area (Å²) in [6.45, 7) is 3.37. The molecule has 0 saturated carbocycles. The van der Waals surface area contributed by atoms with Crippen LogP contribution in [0.3, 0.4) is 0 Å². The van der Waals surface area contributed by atoms with E-state index in [1.165, 1.54) is 0 Å². The van der Waals surface area contributed by atoms with Crippen molar-refractivity contribution >= 4 is 5.97 Å². The summed E-state index contributed by atoms with van der Waals surface area (Å²) in [4.78, 5) is 10.5. The van der Waals surface area contributed by atoms with E-state index in [-0.39, 0.29) is 0 Å². The van der Waals surface area contributed by atoms with E-state index in [1.54, 1.807) is 0 Å². The van der Waals surface area contributed by atoms with Gasteiger partial charge in [0, 0.05) is 12.1 Å². The number of rotatable bonds is 1. The lowest BCUT2D eigenvalue weighted by Crippen LogP contribution is -2.26. The quantitative estimate of drug-likeness (QED) is 0.555. The summed E-state index contributed by atoms with van der Waals surface area (Å²) in [5.74, 6) is -0.765. The normalized spacial score (nSPS) is 19.3. The van der Waals surface area contributed by atoms with Gasteiger partial charge in [0.1, 0.15) is 0 Å². The second-order valence-electron chi connectivity index (χ2n) is 2.49. The average Bonchev–Trinajstić information content (AvgIpc) is 1.88. The van der Waals surface area contributed by atoms with Crippen molar-refractivity contribution in [2.24, 2.45) is 0 Å². The summed E-state index contributed by atoms with van der Waals surface area (Å²) in [6, 6.07) is 0. The fraction of sp³-hybridized carbons (Fsp3) is 0.571. The van der Waals surface area contributed by atoms with Crippen LogP contribution in [0.2, 0.25) is 0 Å². The van der Waals surface area contributed by atoms with Gasteiger partial charge >= 0.3 is 5.97 Å². The molecular formula is C7H11NO2. The van der Waals surface area contributed by atoms with E-state index in [0.29, 0.717) is 12.0 Å². The van der Waals surface area contributed by atoms with Gasteiger partial charge in [-0.05, 0) is 25.5 Å². The highest BCUT2D eigenvalue weighted by atomic mass is 16.4. The number of carboxylic acids is 1. The Morgan fingerprint density at radius 2 is 2.40 bits per heavy atom. The first kappa shape index (κ1) is 7.28. The topological polar surface area (TPSA) is 49.3 Å². The van der Waals surface area contributed by atoms with Gasteiger partial charge < -0.3 is 10.4 Å². The average molecular weight is 141 g/mol. The van der Waals surface area contributed by atoms with Crippen LogP contribution in [0.1, 0.15) is 13.3 Å². The monoisotopic (exact) mass is 141 g/mol. The van der Waals surface area contributed by atoms with E-state index in [1.807, 2.05) is 6.92 Å². The molecule has 0 unspecified atom stereocenters.